The molecule has 0 aromatic carbocycles. The van der Waals surface area contributed by atoms with Crippen LogP contribution in [-0.2, 0) is 0 Å². The third kappa shape index (κ3) is 4.24. The van der Waals surface area contributed by atoms with Gasteiger partial charge < -0.3 is 15.5 Å². The van der Waals surface area contributed by atoms with Crippen LogP contribution < -0.4 is 10.6 Å². The van der Waals surface area contributed by atoms with Crippen LogP contribution in [0.15, 0.2) is 11.2 Å². The molecular formula is C14H25N5S. The Labute approximate surface area is 125 Å². The summed E-state index contributed by atoms with van der Waals surface area (Å²) in [5.41, 5.74) is 0. The summed E-state index contributed by atoms with van der Waals surface area (Å²) in [6, 6.07) is 2.50. The molecule has 0 saturated carbocycles. The first-order chi connectivity index (χ1) is 9.75. The van der Waals surface area contributed by atoms with E-state index in [2.05, 4.69) is 39.3 Å². The van der Waals surface area contributed by atoms with Gasteiger partial charge in [0.1, 0.15) is 11.6 Å². The van der Waals surface area contributed by atoms with E-state index in [9.17, 15) is 0 Å². The molecule has 1 aliphatic rings. The van der Waals surface area contributed by atoms with Crippen LogP contribution in [0.4, 0.5) is 11.6 Å². The molecule has 1 aromatic rings. The maximum atomic E-state index is 4.56. The zero-order valence-electron chi connectivity index (χ0n) is 12.6. The summed E-state index contributed by atoms with van der Waals surface area (Å²) in [4.78, 5) is 11.5. The third-order valence-corrected chi connectivity index (χ3v) is 4.10. The number of rotatable bonds is 6. The number of aromatic nitrogens is 2. The highest BCUT2D eigenvalue weighted by molar-refractivity contribution is 7.98. The highest BCUT2D eigenvalue weighted by Crippen LogP contribution is 2.20. The minimum atomic E-state index is 0.489. The van der Waals surface area contributed by atoms with E-state index in [-0.39, 0.29) is 0 Å². The van der Waals surface area contributed by atoms with Crippen LogP contribution in [0.3, 0.4) is 0 Å². The molecule has 1 fully saturated rings. The first kappa shape index (κ1) is 15.4. The molecule has 112 valence electrons. The summed E-state index contributed by atoms with van der Waals surface area (Å²) in [5, 5.41) is 7.65. The number of likely N-dealkylation sites (tertiary alicyclic amines) is 1. The normalized spacial score (nSPS) is 19.9. The molecule has 0 bridgehead atoms. The molecular weight excluding hydrogens is 270 g/mol. The van der Waals surface area contributed by atoms with E-state index < -0.39 is 0 Å². The first-order valence-electron chi connectivity index (χ1n) is 7.41. The maximum absolute atomic E-state index is 4.56. The van der Waals surface area contributed by atoms with Crippen molar-refractivity contribution in [3.05, 3.63) is 6.07 Å². The molecule has 0 radical (unpaired) electrons. The van der Waals surface area contributed by atoms with Crippen molar-refractivity contribution in [1.29, 1.82) is 0 Å². The molecule has 1 saturated heterocycles. The fraction of sp³-hybridized carbons (Fsp3) is 0.714. The van der Waals surface area contributed by atoms with Gasteiger partial charge in [-0.1, -0.05) is 18.7 Å². The second kappa shape index (κ2) is 7.69. The Balaban J connectivity index is 2.05. The van der Waals surface area contributed by atoms with Gasteiger partial charge in [-0.2, -0.15) is 0 Å². The molecule has 2 heterocycles. The summed E-state index contributed by atoms with van der Waals surface area (Å²) in [7, 11) is 0. The number of piperidine rings is 1. The lowest BCUT2D eigenvalue weighted by Gasteiger charge is -2.32. The van der Waals surface area contributed by atoms with Gasteiger partial charge in [0.15, 0.2) is 5.16 Å². The van der Waals surface area contributed by atoms with Gasteiger partial charge in [-0.15, -0.1) is 0 Å². The lowest BCUT2D eigenvalue weighted by atomic mass is 10.1. The molecule has 2 rings (SSSR count). The number of thioether (sulfide) groups is 1. The van der Waals surface area contributed by atoms with Crippen LogP contribution in [0.5, 0.6) is 0 Å². The van der Waals surface area contributed by atoms with Crippen molar-refractivity contribution < 1.29 is 0 Å². The van der Waals surface area contributed by atoms with Crippen LogP contribution in [-0.4, -0.2) is 53.3 Å². The molecule has 2 N–H and O–H groups in total. The van der Waals surface area contributed by atoms with E-state index in [0.29, 0.717) is 6.04 Å². The average Bonchev–Trinajstić information content (AvgIpc) is 2.47. The van der Waals surface area contributed by atoms with Gasteiger partial charge in [-0.25, -0.2) is 9.97 Å². The summed E-state index contributed by atoms with van der Waals surface area (Å²) in [6.07, 6.45) is 4.48. The Morgan fingerprint density at radius 2 is 2.15 bits per heavy atom. The number of anilines is 2. The second-order valence-electron chi connectivity index (χ2n) is 5.03. The van der Waals surface area contributed by atoms with Crippen LogP contribution in [0.2, 0.25) is 0 Å². The fourth-order valence-corrected chi connectivity index (χ4v) is 2.91. The van der Waals surface area contributed by atoms with Crippen molar-refractivity contribution >= 4 is 23.4 Å². The quantitative estimate of drug-likeness (QED) is 0.621. The Hall–Kier alpha value is -1.01. The molecule has 1 unspecified atom stereocenters. The summed E-state index contributed by atoms with van der Waals surface area (Å²) in [5.74, 6) is 1.83. The van der Waals surface area contributed by atoms with Crippen molar-refractivity contribution in [3.63, 3.8) is 0 Å². The van der Waals surface area contributed by atoms with E-state index in [0.717, 1.165) is 36.4 Å². The van der Waals surface area contributed by atoms with E-state index in [4.69, 9.17) is 0 Å². The Bertz CT molecular complexity index is 426. The van der Waals surface area contributed by atoms with Gasteiger partial charge in [-0.3, -0.25) is 0 Å². The summed E-state index contributed by atoms with van der Waals surface area (Å²) >= 11 is 1.58. The Morgan fingerprint density at radius 1 is 1.35 bits per heavy atom. The minimum Gasteiger partial charge on any atom is -0.370 e. The lowest BCUT2D eigenvalue weighted by Crippen LogP contribution is -2.42. The number of likely N-dealkylation sites (N-methyl/N-ethyl adjacent to an activating group) is 1. The molecule has 1 aliphatic heterocycles. The van der Waals surface area contributed by atoms with Gasteiger partial charge in [0, 0.05) is 25.2 Å². The molecule has 0 aliphatic carbocycles. The molecule has 5 nitrogen and oxygen atoms in total. The van der Waals surface area contributed by atoms with Crippen molar-refractivity contribution in [3.8, 4) is 0 Å². The third-order valence-electron chi connectivity index (χ3n) is 3.55. The van der Waals surface area contributed by atoms with Gasteiger partial charge in [0.05, 0.1) is 0 Å². The Kier molecular flexibility index (Phi) is 5.91. The predicted molar refractivity (Wildman–Crippen MR) is 86.7 cm³/mol. The fourth-order valence-electron chi connectivity index (χ4n) is 2.53. The van der Waals surface area contributed by atoms with E-state index in [1.54, 1.807) is 11.8 Å². The van der Waals surface area contributed by atoms with Gasteiger partial charge >= 0.3 is 0 Å². The summed E-state index contributed by atoms with van der Waals surface area (Å²) in [6.45, 7) is 8.62. The number of hydrogen-bond acceptors (Lipinski definition) is 6. The molecule has 6 heteroatoms. The monoisotopic (exact) mass is 295 g/mol. The van der Waals surface area contributed by atoms with Gasteiger partial charge in [-0.05, 0) is 39.1 Å². The predicted octanol–water partition coefficient (Wildman–Crippen LogP) is 2.53. The van der Waals surface area contributed by atoms with Crippen molar-refractivity contribution in [2.75, 3.05) is 43.1 Å². The highest BCUT2D eigenvalue weighted by atomic mass is 32.2. The maximum Gasteiger partial charge on any atom is 0.191 e. The second-order valence-corrected chi connectivity index (χ2v) is 5.81. The lowest BCUT2D eigenvalue weighted by molar-refractivity contribution is 0.226. The van der Waals surface area contributed by atoms with Crippen LogP contribution in [0.1, 0.15) is 26.7 Å². The highest BCUT2D eigenvalue weighted by Gasteiger charge is 2.19. The van der Waals surface area contributed by atoms with E-state index >= 15 is 0 Å². The molecule has 20 heavy (non-hydrogen) atoms. The summed E-state index contributed by atoms with van der Waals surface area (Å²) < 4.78 is 0. The van der Waals surface area contributed by atoms with E-state index in [1.807, 2.05) is 12.3 Å². The van der Waals surface area contributed by atoms with Crippen LogP contribution >= 0.6 is 11.8 Å². The van der Waals surface area contributed by atoms with Crippen molar-refractivity contribution in [2.24, 2.45) is 0 Å². The van der Waals surface area contributed by atoms with Crippen LogP contribution in [0.25, 0.3) is 0 Å². The molecule has 0 spiro atoms. The van der Waals surface area contributed by atoms with E-state index in [1.165, 1.54) is 19.4 Å². The topological polar surface area (TPSA) is 53.1 Å². The minimum absolute atomic E-state index is 0.489. The van der Waals surface area contributed by atoms with Crippen LogP contribution in [0, 0.1) is 0 Å². The largest absolute Gasteiger partial charge is 0.370 e. The zero-order chi connectivity index (χ0) is 14.4. The number of nitrogens with zero attached hydrogens (tertiary/aromatic N) is 3. The standard InChI is InChI=1S/C14H25N5S/c1-4-15-12-9-13(18-14(17-12)20-3)16-11-7-6-8-19(5-2)10-11/h9,11H,4-8,10H2,1-3H3,(H2,15,16,17,18). The number of nitrogens with one attached hydrogen (secondary N) is 2. The number of hydrogen-bond donors (Lipinski definition) is 2. The zero-order valence-corrected chi connectivity index (χ0v) is 13.5. The molecule has 1 aromatic heterocycles. The van der Waals surface area contributed by atoms with Gasteiger partial charge in [0.25, 0.3) is 0 Å². The Morgan fingerprint density at radius 3 is 2.85 bits per heavy atom. The average molecular weight is 295 g/mol. The molecule has 1 atom stereocenters. The van der Waals surface area contributed by atoms with Gasteiger partial charge in [0.2, 0.25) is 0 Å². The molecule has 0 amide bonds. The van der Waals surface area contributed by atoms with Crippen molar-refractivity contribution in [1.82, 2.24) is 14.9 Å². The first-order valence-corrected chi connectivity index (χ1v) is 8.63. The smallest absolute Gasteiger partial charge is 0.191 e. The van der Waals surface area contributed by atoms with Crippen molar-refractivity contribution in [2.45, 2.75) is 37.9 Å². The SMILES string of the molecule is CCNc1cc(NC2CCCN(CC)C2)nc(SC)n1.